The van der Waals surface area contributed by atoms with E-state index in [1.807, 2.05) is 61.5 Å². The molecule has 1 aliphatic rings. The zero-order valence-electron chi connectivity index (χ0n) is 19.5. The minimum atomic E-state index is -0.404. The van der Waals surface area contributed by atoms with Crippen LogP contribution >= 0.6 is 0 Å². The predicted octanol–water partition coefficient (Wildman–Crippen LogP) is 4.41. The van der Waals surface area contributed by atoms with Crippen LogP contribution in [0, 0.1) is 6.92 Å². The molecule has 3 aromatic carbocycles. The number of carbonyl (C=O) groups is 2. The van der Waals surface area contributed by atoms with Gasteiger partial charge in [0.2, 0.25) is 5.75 Å². The smallest absolute Gasteiger partial charge is 0.278 e. The molecule has 7 nitrogen and oxygen atoms in total. The highest BCUT2D eigenvalue weighted by atomic mass is 16.5. The number of anilines is 1. The van der Waals surface area contributed by atoms with Crippen LogP contribution in [0.4, 0.5) is 5.69 Å². The lowest BCUT2D eigenvalue weighted by Gasteiger charge is -2.17. The Morgan fingerprint density at radius 3 is 1.97 bits per heavy atom. The van der Waals surface area contributed by atoms with Gasteiger partial charge in [-0.1, -0.05) is 60.2 Å². The molecular formula is C27H26N2O5. The Bertz CT molecular complexity index is 1220. The zero-order valence-corrected chi connectivity index (χ0v) is 19.5. The third-order valence-electron chi connectivity index (χ3n) is 5.63. The van der Waals surface area contributed by atoms with Gasteiger partial charge in [0.25, 0.3) is 11.8 Å². The molecule has 1 aliphatic heterocycles. The molecule has 1 heterocycles. The van der Waals surface area contributed by atoms with Crippen molar-refractivity contribution in [2.75, 3.05) is 26.6 Å². The zero-order chi connectivity index (χ0) is 24.2. The number of nitrogens with one attached hydrogen (secondary N) is 1. The standard InChI is InChI=1S/C27H26N2O5/c1-17-10-12-18(13-11-17)16-29-26(30)23(19-8-6-5-7-9-19)24(27(29)31)28-20-14-21(32-2)25(34-4)22(15-20)33-3/h5-15,28H,16H2,1-4H3. The largest absolute Gasteiger partial charge is 0.493 e. The van der Waals surface area contributed by atoms with Gasteiger partial charge in [0.15, 0.2) is 11.5 Å². The fraction of sp³-hybridized carbons (Fsp3) is 0.185. The van der Waals surface area contributed by atoms with Gasteiger partial charge in [-0.25, -0.2) is 0 Å². The van der Waals surface area contributed by atoms with Gasteiger partial charge in [-0.15, -0.1) is 0 Å². The molecule has 0 unspecified atom stereocenters. The minimum Gasteiger partial charge on any atom is -0.493 e. The van der Waals surface area contributed by atoms with Gasteiger partial charge in [-0.05, 0) is 18.1 Å². The summed E-state index contributed by atoms with van der Waals surface area (Å²) in [6.07, 6.45) is 0. The second-order valence-corrected chi connectivity index (χ2v) is 7.84. The van der Waals surface area contributed by atoms with Crippen molar-refractivity contribution < 1.29 is 23.8 Å². The van der Waals surface area contributed by atoms with Gasteiger partial charge < -0.3 is 19.5 Å². The van der Waals surface area contributed by atoms with Crippen LogP contribution in [0.5, 0.6) is 17.2 Å². The topological polar surface area (TPSA) is 77.1 Å². The fourth-order valence-corrected chi connectivity index (χ4v) is 3.88. The van der Waals surface area contributed by atoms with E-state index in [1.165, 1.54) is 26.2 Å². The monoisotopic (exact) mass is 458 g/mol. The van der Waals surface area contributed by atoms with Crippen molar-refractivity contribution in [1.29, 1.82) is 0 Å². The molecule has 7 heteroatoms. The average molecular weight is 459 g/mol. The number of hydrogen-bond acceptors (Lipinski definition) is 6. The van der Waals surface area contributed by atoms with E-state index in [0.717, 1.165) is 11.1 Å². The van der Waals surface area contributed by atoms with Crippen LogP contribution in [0.2, 0.25) is 0 Å². The van der Waals surface area contributed by atoms with Gasteiger partial charge in [-0.3, -0.25) is 14.5 Å². The average Bonchev–Trinajstić information content (AvgIpc) is 3.09. The number of nitrogens with zero attached hydrogens (tertiary/aromatic N) is 1. The van der Waals surface area contributed by atoms with Crippen LogP contribution in [0.25, 0.3) is 5.57 Å². The van der Waals surface area contributed by atoms with Crippen molar-refractivity contribution in [2.45, 2.75) is 13.5 Å². The number of imide groups is 1. The Labute approximate surface area is 198 Å². The second-order valence-electron chi connectivity index (χ2n) is 7.84. The molecule has 0 spiro atoms. The van der Waals surface area contributed by atoms with E-state index in [2.05, 4.69) is 5.32 Å². The molecule has 0 saturated heterocycles. The molecule has 174 valence electrons. The number of benzene rings is 3. The molecule has 1 N–H and O–H groups in total. The van der Waals surface area contributed by atoms with Crippen molar-refractivity contribution in [3.8, 4) is 17.2 Å². The molecule has 4 rings (SSSR count). The number of amides is 2. The lowest BCUT2D eigenvalue weighted by atomic mass is 10.0. The van der Waals surface area contributed by atoms with Gasteiger partial charge in [0.1, 0.15) is 5.70 Å². The summed E-state index contributed by atoms with van der Waals surface area (Å²) in [5.41, 5.74) is 3.66. The maximum Gasteiger partial charge on any atom is 0.278 e. The van der Waals surface area contributed by atoms with Crippen LogP contribution < -0.4 is 19.5 Å². The fourth-order valence-electron chi connectivity index (χ4n) is 3.88. The molecule has 0 radical (unpaired) electrons. The molecule has 34 heavy (non-hydrogen) atoms. The van der Waals surface area contributed by atoms with E-state index >= 15 is 0 Å². The second kappa shape index (κ2) is 9.70. The molecular weight excluding hydrogens is 432 g/mol. The first-order valence-electron chi connectivity index (χ1n) is 10.7. The van der Waals surface area contributed by atoms with E-state index in [1.54, 1.807) is 12.1 Å². The lowest BCUT2D eigenvalue weighted by Crippen LogP contribution is -2.32. The highest BCUT2D eigenvalue weighted by Crippen LogP contribution is 2.41. The van der Waals surface area contributed by atoms with Gasteiger partial charge in [-0.2, -0.15) is 0 Å². The Kier molecular flexibility index (Phi) is 6.54. The lowest BCUT2D eigenvalue weighted by molar-refractivity contribution is -0.137. The highest BCUT2D eigenvalue weighted by Gasteiger charge is 2.39. The molecule has 0 bridgehead atoms. The van der Waals surface area contributed by atoms with E-state index in [9.17, 15) is 9.59 Å². The first kappa shape index (κ1) is 22.9. The highest BCUT2D eigenvalue weighted by molar-refractivity contribution is 6.36. The number of hydrogen-bond donors (Lipinski definition) is 1. The molecule has 3 aromatic rings. The number of methoxy groups -OCH3 is 3. The first-order chi connectivity index (χ1) is 16.5. The van der Waals surface area contributed by atoms with E-state index in [-0.39, 0.29) is 18.1 Å². The first-order valence-corrected chi connectivity index (χ1v) is 10.7. The maximum absolute atomic E-state index is 13.5. The summed E-state index contributed by atoms with van der Waals surface area (Å²) in [4.78, 5) is 28.2. The van der Waals surface area contributed by atoms with Crippen molar-refractivity contribution in [3.63, 3.8) is 0 Å². The molecule has 0 atom stereocenters. The Morgan fingerprint density at radius 2 is 1.41 bits per heavy atom. The van der Waals surface area contributed by atoms with Crippen molar-refractivity contribution in [3.05, 3.63) is 89.1 Å². The predicted molar refractivity (Wildman–Crippen MR) is 130 cm³/mol. The van der Waals surface area contributed by atoms with Crippen LogP contribution in [0.3, 0.4) is 0 Å². The Balaban J connectivity index is 1.76. The van der Waals surface area contributed by atoms with Gasteiger partial charge in [0, 0.05) is 17.8 Å². The van der Waals surface area contributed by atoms with Crippen molar-refractivity contribution in [2.24, 2.45) is 0 Å². The molecule has 0 saturated carbocycles. The number of carbonyl (C=O) groups excluding carboxylic acids is 2. The summed E-state index contributed by atoms with van der Waals surface area (Å²) >= 11 is 0. The number of ether oxygens (including phenoxy) is 3. The van der Waals surface area contributed by atoms with Crippen LogP contribution in [0.1, 0.15) is 16.7 Å². The van der Waals surface area contributed by atoms with E-state index in [4.69, 9.17) is 14.2 Å². The molecule has 0 aromatic heterocycles. The summed E-state index contributed by atoms with van der Waals surface area (Å²) in [5, 5.41) is 3.15. The maximum atomic E-state index is 13.5. The van der Waals surface area contributed by atoms with Gasteiger partial charge >= 0.3 is 0 Å². The number of aryl methyl sites for hydroxylation is 1. The van der Waals surface area contributed by atoms with Crippen LogP contribution in [0.15, 0.2) is 72.4 Å². The summed E-state index contributed by atoms with van der Waals surface area (Å²) in [5.74, 6) is 0.534. The normalized spacial score (nSPS) is 13.4. The summed E-state index contributed by atoms with van der Waals surface area (Å²) in [7, 11) is 4.55. The summed E-state index contributed by atoms with van der Waals surface area (Å²) in [6.45, 7) is 2.17. The van der Waals surface area contributed by atoms with Gasteiger partial charge in [0.05, 0.1) is 33.4 Å². The van der Waals surface area contributed by atoms with Crippen LogP contribution in [-0.4, -0.2) is 38.0 Å². The number of rotatable bonds is 8. The summed E-state index contributed by atoms with van der Waals surface area (Å²) in [6, 6.07) is 20.3. The summed E-state index contributed by atoms with van der Waals surface area (Å²) < 4.78 is 16.2. The van der Waals surface area contributed by atoms with E-state index < -0.39 is 5.91 Å². The van der Waals surface area contributed by atoms with E-state index in [0.29, 0.717) is 34.1 Å². The SMILES string of the molecule is COc1cc(NC2=C(c3ccccc3)C(=O)N(Cc3ccc(C)cc3)C2=O)cc(OC)c1OC. The molecule has 2 amide bonds. The van der Waals surface area contributed by atoms with Crippen molar-refractivity contribution >= 4 is 23.1 Å². The Hall–Kier alpha value is -4.26. The van der Waals surface area contributed by atoms with Crippen LogP contribution in [-0.2, 0) is 16.1 Å². The minimum absolute atomic E-state index is 0.175. The molecule has 0 fully saturated rings. The third kappa shape index (κ3) is 4.32. The molecule has 0 aliphatic carbocycles. The quantitative estimate of drug-likeness (QED) is 0.504. The Morgan fingerprint density at radius 1 is 0.794 bits per heavy atom. The third-order valence-corrected chi connectivity index (χ3v) is 5.63. The van der Waals surface area contributed by atoms with Crippen molar-refractivity contribution in [1.82, 2.24) is 4.90 Å².